The third kappa shape index (κ3) is 3.26. The zero-order valence-electron chi connectivity index (χ0n) is 12.3. The van der Waals surface area contributed by atoms with Crippen molar-refractivity contribution >= 4 is 38.9 Å². The van der Waals surface area contributed by atoms with Crippen molar-refractivity contribution in [2.75, 3.05) is 4.72 Å². The normalized spacial score (nSPS) is 10.8. The van der Waals surface area contributed by atoms with Crippen LogP contribution in [0, 0.1) is 0 Å². The number of rotatable bonds is 5. The maximum atomic E-state index is 12.6. The number of benzene rings is 2. The minimum atomic E-state index is -3.79. The number of anilines is 1. The molecular formula is C16H12N4O2S2. The molecule has 0 unspecified atom stereocenters. The molecule has 0 aliphatic heterocycles. The summed E-state index contributed by atoms with van der Waals surface area (Å²) in [6, 6.07) is 17.2. The summed E-state index contributed by atoms with van der Waals surface area (Å²) < 4.78 is 29.2. The second-order valence-corrected chi connectivity index (χ2v) is 6.61. The number of nitrogens with one attached hydrogen (secondary N) is 1. The van der Waals surface area contributed by atoms with E-state index in [9.17, 15) is 8.42 Å². The highest BCUT2D eigenvalue weighted by Crippen LogP contribution is 2.29. The van der Waals surface area contributed by atoms with Crippen molar-refractivity contribution in [3.05, 3.63) is 66.9 Å². The fourth-order valence-electron chi connectivity index (χ4n) is 2.12. The maximum Gasteiger partial charge on any atom is 0.263 e. The van der Waals surface area contributed by atoms with E-state index in [1.165, 1.54) is 23.0 Å². The number of aromatic nitrogens is 2. The lowest BCUT2D eigenvalue weighted by molar-refractivity contribution is 0.600. The Labute approximate surface area is 144 Å². The summed E-state index contributed by atoms with van der Waals surface area (Å²) in [6.45, 7) is 0. The largest absolute Gasteiger partial charge is 0.263 e. The van der Waals surface area contributed by atoms with Gasteiger partial charge in [-0.15, -0.1) is 0 Å². The topological polar surface area (TPSA) is 76.3 Å². The van der Waals surface area contributed by atoms with Gasteiger partial charge in [0.15, 0.2) is 5.82 Å². The van der Waals surface area contributed by atoms with Crippen molar-refractivity contribution in [2.24, 2.45) is 4.99 Å². The molecule has 0 aliphatic rings. The summed E-state index contributed by atoms with van der Waals surface area (Å²) in [7, 11) is -3.79. The summed E-state index contributed by atoms with van der Waals surface area (Å²) in [6.07, 6.45) is 1.43. The van der Waals surface area contributed by atoms with Gasteiger partial charge in [0.1, 0.15) is 5.69 Å². The van der Waals surface area contributed by atoms with Crippen LogP contribution in [0.2, 0.25) is 0 Å². The number of hydrogen-bond donors (Lipinski definition) is 1. The summed E-state index contributed by atoms with van der Waals surface area (Å²) >= 11 is 4.62. The molecule has 0 aliphatic carbocycles. The number of hydrogen-bond acceptors (Lipinski definition) is 5. The van der Waals surface area contributed by atoms with Crippen LogP contribution in [-0.2, 0) is 10.0 Å². The first-order chi connectivity index (χ1) is 11.6. The summed E-state index contributed by atoms with van der Waals surface area (Å²) in [5, 5.41) is 6.43. The Hall–Kier alpha value is -2.80. The minimum Gasteiger partial charge on any atom is -0.261 e. The molecule has 3 rings (SSSR count). The van der Waals surface area contributed by atoms with E-state index in [-0.39, 0.29) is 16.4 Å². The molecule has 24 heavy (non-hydrogen) atoms. The molecule has 0 radical (unpaired) electrons. The summed E-state index contributed by atoms with van der Waals surface area (Å²) in [5.74, 6) is 0.197. The minimum absolute atomic E-state index is 0.142. The summed E-state index contributed by atoms with van der Waals surface area (Å²) in [4.78, 5) is 4.03. The highest BCUT2D eigenvalue weighted by molar-refractivity contribution is 7.92. The average molecular weight is 356 g/mol. The molecule has 0 saturated heterocycles. The first-order valence-electron chi connectivity index (χ1n) is 6.91. The molecule has 8 heteroatoms. The van der Waals surface area contributed by atoms with Crippen molar-refractivity contribution in [3.63, 3.8) is 0 Å². The number of nitrogens with zero attached hydrogens (tertiary/aromatic N) is 3. The Morgan fingerprint density at radius 1 is 1.04 bits per heavy atom. The molecule has 0 spiro atoms. The van der Waals surface area contributed by atoms with Crippen LogP contribution in [0.5, 0.6) is 0 Å². The van der Waals surface area contributed by atoms with Gasteiger partial charge >= 0.3 is 0 Å². The van der Waals surface area contributed by atoms with Crippen LogP contribution in [0.3, 0.4) is 0 Å². The average Bonchev–Trinajstić information content (AvgIpc) is 2.99. The molecule has 3 aromatic rings. The van der Waals surface area contributed by atoms with Gasteiger partial charge in [-0.05, 0) is 36.5 Å². The number of isothiocyanates is 1. The smallest absolute Gasteiger partial charge is 0.261 e. The van der Waals surface area contributed by atoms with Gasteiger partial charge in [0.2, 0.25) is 0 Å². The second kappa shape index (κ2) is 6.76. The van der Waals surface area contributed by atoms with Crippen molar-refractivity contribution < 1.29 is 8.42 Å². The van der Waals surface area contributed by atoms with E-state index in [0.29, 0.717) is 5.69 Å². The molecule has 1 N–H and O–H groups in total. The van der Waals surface area contributed by atoms with Gasteiger partial charge in [-0.25, -0.2) is 13.1 Å². The fraction of sp³-hybridized carbons (Fsp3) is 0. The Balaban J connectivity index is 2.10. The van der Waals surface area contributed by atoms with Crippen LogP contribution in [0.15, 0.2) is 76.7 Å². The quantitative estimate of drug-likeness (QED) is 0.561. The monoisotopic (exact) mass is 356 g/mol. The van der Waals surface area contributed by atoms with Crippen molar-refractivity contribution in [2.45, 2.75) is 4.90 Å². The molecule has 6 nitrogen and oxygen atoms in total. The Morgan fingerprint density at radius 2 is 1.67 bits per heavy atom. The van der Waals surface area contributed by atoms with Crippen molar-refractivity contribution in [1.29, 1.82) is 0 Å². The molecule has 0 amide bonds. The first kappa shape index (κ1) is 16.1. The zero-order valence-corrected chi connectivity index (χ0v) is 14.0. The van der Waals surface area contributed by atoms with Gasteiger partial charge in [0, 0.05) is 0 Å². The molecule has 1 heterocycles. The van der Waals surface area contributed by atoms with Crippen LogP contribution >= 0.6 is 12.2 Å². The summed E-state index contributed by atoms with van der Waals surface area (Å²) in [5.41, 5.74) is 0.974. The Bertz CT molecular complexity index is 993. The molecule has 0 bridgehead atoms. The van der Waals surface area contributed by atoms with E-state index in [0.717, 1.165) is 0 Å². The number of para-hydroxylation sites is 1. The van der Waals surface area contributed by atoms with Crippen molar-refractivity contribution in [1.82, 2.24) is 9.78 Å². The van der Waals surface area contributed by atoms with Gasteiger partial charge < -0.3 is 0 Å². The van der Waals surface area contributed by atoms with Crippen LogP contribution in [0.1, 0.15) is 0 Å². The molecular weight excluding hydrogens is 344 g/mol. The fourth-order valence-corrected chi connectivity index (χ4v) is 3.29. The molecule has 0 fully saturated rings. The zero-order chi connectivity index (χ0) is 17.0. The number of aliphatic imine (C=N–C) groups is 1. The van der Waals surface area contributed by atoms with Gasteiger partial charge in [-0.2, -0.15) is 10.1 Å². The SMILES string of the molecule is O=S(=O)(Nc1c(N=C=S)cnn1-c1ccccc1)c1ccccc1. The lowest BCUT2D eigenvalue weighted by atomic mass is 10.3. The molecule has 2 aromatic carbocycles. The number of thiocarbonyl (C=S) groups is 1. The standard InChI is InChI=1S/C16H12N4O2S2/c21-24(22,14-9-5-2-6-10-14)19-16-15(17-12-23)11-18-20(16)13-7-3-1-4-8-13/h1-11,19H. The van der Waals surface area contributed by atoms with E-state index in [1.54, 1.807) is 30.3 Å². The van der Waals surface area contributed by atoms with E-state index < -0.39 is 10.0 Å². The third-order valence-corrected chi connectivity index (χ3v) is 4.65. The number of sulfonamides is 1. The Morgan fingerprint density at radius 3 is 2.29 bits per heavy atom. The van der Waals surface area contributed by atoms with E-state index in [2.05, 4.69) is 32.2 Å². The van der Waals surface area contributed by atoms with Crippen LogP contribution in [0.4, 0.5) is 11.5 Å². The van der Waals surface area contributed by atoms with Gasteiger partial charge in [0.25, 0.3) is 10.0 Å². The molecule has 120 valence electrons. The van der Waals surface area contributed by atoms with Crippen molar-refractivity contribution in [3.8, 4) is 5.69 Å². The highest BCUT2D eigenvalue weighted by Gasteiger charge is 2.20. The highest BCUT2D eigenvalue weighted by atomic mass is 32.2. The van der Waals surface area contributed by atoms with Crippen LogP contribution < -0.4 is 4.72 Å². The Kier molecular flexibility index (Phi) is 4.52. The van der Waals surface area contributed by atoms with Crippen LogP contribution in [-0.4, -0.2) is 23.4 Å². The van der Waals surface area contributed by atoms with E-state index in [4.69, 9.17) is 0 Å². The maximum absolute atomic E-state index is 12.6. The third-order valence-electron chi connectivity index (χ3n) is 3.20. The van der Waals surface area contributed by atoms with Gasteiger partial charge in [-0.3, -0.25) is 4.72 Å². The van der Waals surface area contributed by atoms with Gasteiger partial charge in [0.05, 0.1) is 21.9 Å². The molecule has 0 saturated carbocycles. The second-order valence-electron chi connectivity index (χ2n) is 4.75. The first-order valence-corrected chi connectivity index (χ1v) is 8.80. The molecule has 0 atom stereocenters. The van der Waals surface area contributed by atoms with E-state index in [1.807, 2.05) is 18.2 Å². The van der Waals surface area contributed by atoms with Crippen LogP contribution in [0.25, 0.3) is 5.69 Å². The van der Waals surface area contributed by atoms with Gasteiger partial charge in [-0.1, -0.05) is 36.4 Å². The van der Waals surface area contributed by atoms with E-state index >= 15 is 0 Å². The predicted octanol–water partition coefficient (Wildman–Crippen LogP) is 3.41. The lowest BCUT2D eigenvalue weighted by Crippen LogP contribution is -2.16. The lowest BCUT2D eigenvalue weighted by Gasteiger charge is -2.11. The molecule has 1 aromatic heterocycles. The predicted molar refractivity (Wildman–Crippen MR) is 95.5 cm³/mol.